The number of amides is 1. The van der Waals surface area contributed by atoms with Crippen LogP contribution in [0.3, 0.4) is 0 Å². The largest absolute Gasteiger partial charge is 0.469 e. The molecule has 0 bridgehead atoms. The van der Waals surface area contributed by atoms with Crippen molar-refractivity contribution in [2.24, 2.45) is 0 Å². The average molecular weight is 543 g/mol. The van der Waals surface area contributed by atoms with Crippen LogP contribution in [0.1, 0.15) is 43.3 Å². The number of thiophene rings is 1. The van der Waals surface area contributed by atoms with Crippen LogP contribution in [0.5, 0.6) is 0 Å². The Hall–Kier alpha value is -2.97. The van der Waals surface area contributed by atoms with Crippen molar-refractivity contribution in [3.63, 3.8) is 0 Å². The third-order valence-electron chi connectivity index (χ3n) is 4.57. The number of rotatable bonds is 9. The highest BCUT2D eigenvalue weighted by atomic mass is 32.2. The van der Waals surface area contributed by atoms with Crippen molar-refractivity contribution in [1.82, 2.24) is 14.3 Å². The highest BCUT2D eigenvalue weighted by Crippen LogP contribution is 2.34. The predicted molar refractivity (Wildman–Crippen MR) is 133 cm³/mol. The molecule has 1 atom stereocenters. The number of nitrogens with one attached hydrogen (secondary N) is 3. The first kappa shape index (κ1) is 26.6. The third-order valence-corrected chi connectivity index (χ3v) is 7.64. The number of fused-ring (bicyclic) bond motifs is 1. The van der Waals surface area contributed by atoms with Gasteiger partial charge in [-0.2, -0.15) is 0 Å². The van der Waals surface area contributed by atoms with Crippen LogP contribution in [-0.4, -0.2) is 49.3 Å². The highest BCUT2D eigenvalue weighted by molar-refractivity contribution is 7.97. The van der Waals surface area contributed by atoms with Crippen LogP contribution < -0.4 is 14.8 Å². The van der Waals surface area contributed by atoms with E-state index < -0.39 is 39.5 Å². The highest BCUT2D eigenvalue weighted by Gasteiger charge is 2.32. The smallest absolute Gasteiger partial charge is 0.329 e. The Balaban J connectivity index is 1.78. The van der Waals surface area contributed by atoms with E-state index in [2.05, 4.69) is 19.5 Å². The third kappa shape index (κ3) is 6.80. The predicted octanol–water partition coefficient (Wildman–Crippen LogP) is 2.60. The average Bonchev–Trinajstić information content (AvgIpc) is 3.43. The van der Waals surface area contributed by atoms with Gasteiger partial charge in [0.1, 0.15) is 21.4 Å². The first-order valence-corrected chi connectivity index (χ1v) is 13.6. The molecular formula is C21H26N4O7S3. The molecule has 0 saturated heterocycles. The second-order valence-electron chi connectivity index (χ2n) is 8.38. The zero-order valence-electron chi connectivity index (χ0n) is 19.5. The van der Waals surface area contributed by atoms with E-state index >= 15 is 0 Å². The number of hydrogen-bond acceptors (Lipinski definition) is 11. The maximum Gasteiger partial charge on any atom is 0.329 e. The molecule has 0 aromatic carbocycles. The molecule has 0 fully saturated rings. The van der Waals surface area contributed by atoms with Gasteiger partial charge in [0.15, 0.2) is 0 Å². The summed E-state index contributed by atoms with van der Waals surface area (Å²) in [4.78, 5) is 37.4. The van der Waals surface area contributed by atoms with Crippen LogP contribution >= 0.6 is 23.5 Å². The number of carbonyl (C=O) groups is 3. The minimum Gasteiger partial charge on any atom is -0.469 e. The first-order chi connectivity index (χ1) is 16.4. The number of allylic oxidation sites excluding steroid dienone is 2. The number of ether oxygens (including phenoxy) is 2. The summed E-state index contributed by atoms with van der Waals surface area (Å²) in [5.41, 5.74) is -0.309. The Labute approximate surface area is 211 Å². The maximum atomic E-state index is 13.1. The summed E-state index contributed by atoms with van der Waals surface area (Å²) in [5.74, 6) is -1.95. The lowest BCUT2D eigenvalue weighted by Gasteiger charge is -2.24. The van der Waals surface area contributed by atoms with Gasteiger partial charge in [-0.3, -0.25) is 18.6 Å². The quantitative estimate of drug-likeness (QED) is 0.315. The number of carbonyl (C=O) groups excluding carboxylic acids is 3. The molecule has 3 heterocycles. The molecule has 1 aromatic heterocycles. The van der Waals surface area contributed by atoms with Crippen LogP contribution in [0, 0.1) is 0 Å². The van der Waals surface area contributed by atoms with E-state index in [1.807, 2.05) is 0 Å². The minimum absolute atomic E-state index is 0.0276. The number of esters is 2. The summed E-state index contributed by atoms with van der Waals surface area (Å²) in [6.45, 7) is 5.04. The van der Waals surface area contributed by atoms with Crippen molar-refractivity contribution in [1.29, 1.82) is 0 Å². The fraction of sp³-hybridized carbons (Fsp3) is 0.381. The van der Waals surface area contributed by atoms with Gasteiger partial charge in [0, 0.05) is 18.8 Å². The zero-order chi connectivity index (χ0) is 25.8. The topological polar surface area (TPSA) is 143 Å². The van der Waals surface area contributed by atoms with Gasteiger partial charge in [0.25, 0.3) is 15.9 Å². The maximum absolute atomic E-state index is 13.1. The minimum atomic E-state index is -4.04. The van der Waals surface area contributed by atoms with Gasteiger partial charge in [0.05, 0.1) is 30.6 Å². The summed E-state index contributed by atoms with van der Waals surface area (Å²) in [6.07, 6.45) is 6.16. The van der Waals surface area contributed by atoms with Gasteiger partial charge in [-0.05, 0) is 50.8 Å². The normalized spacial score (nSPS) is 15.8. The van der Waals surface area contributed by atoms with Gasteiger partial charge in [-0.25, -0.2) is 13.2 Å². The molecule has 35 heavy (non-hydrogen) atoms. The molecule has 3 N–H and O–H groups in total. The molecular weight excluding hydrogens is 516 g/mol. The summed E-state index contributed by atoms with van der Waals surface area (Å²) in [7, 11) is -2.82. The van der Waals surface area contributed by atoms with E-state index in [0.29, 0.717) is 5.70 Å². The number of methoxy groups -OCH3 is 1. The molecule has 11 nitrogen and oxygen atoms in total. The van der Waals surface area contributed by atoms with E-state index in [-0.39, 0.29) is 28.3 Å². The number of anilines is 1. The molecule has 2 aliphatic rings. The van der Waals surface area contributed by atoms with Crippen molar-refractivity contribution in [3.05, 3.63) is 51.5 Å². The lowest BCUT2D eigenvalue weighted by atomic mass is 10.1. The Kier molecular flexibility index (Phi) is 8.18. The molecule has 0 radical (unpaired) electrons. The molecule has 0 saturated carbocycles. The molecule has 1 amide bonds. The van der Waals surface area contributed by atoms with Crippen molar-refractivity contribution >= 4 is 57.0 Å². The molecule has 0 spiro atoms. The van der Waals surface area contributed by atoms with Gasteiger partial charge in [0.2, 0.25) is 0 Å². The van der Waals surface area contributed by atoms with Gasteiger partial charge >= 0.3 is 11.9 Å². The Morgan fingerprint density at radius 2 is 2.00 bits per heavy atom. The monoisotopic (exact) mass is 542 g/mol. The number of sulfonamides is 1. The van der Waals surface area contributed by atoms with Crippen LogP contribution in [0.2, 0.25) is 0 Å². The van der Waals surface area contributed by atoms with Crippen molar-refractivity contribution < 1.29 is 32.3 Å². The second kappa shape index (κ2) is 10.7. The molecule has 3 rings (SSSR count). The van der Waals surface area contributed by atoms with Gasteiger partial charge < -0.3 is 19.5 Å². The molecule has 0 aliphatic carbocycles. The number of nitrogens with zero attached hydrogens (tertiary/aromatic N) is 1. The molecule has 0 unspecified atom stereocenters. The Bertz CT molecular complexity index is 1200. The summed E-state index contributed by atoms with van der Waals surface area (Å²) in [6, 6.07) is 0.319. The van der Waals surface area contributed by atoms with Crippen LogP contribution in [0.4, 0.5) is 5.69 Å². The fourth-order valence-corrected chi connectivity index (χ4v) is 5.83. The summed E-state index contributed by atoms with van der Waals surface area (Å²) >= 11 is 2.22. The molecule has 14 heteroatoms. The van der Waals surface area contributed by atoms with Crippen LogP contribution in [0.15, 0.2) is 46.6 Å². The van der Waals surface area contributed by atoms with Gasteiger partial charge in [-0.1, -0.05) is 0 Å². The van der Waals surface area contributed by atoms with Crippen LogP contribution in [0.25, 0.3) is 0 Å². The lowest BCUT2D eigenvalue weighted by molar-refractivity contribution is -0.157. The van der Waals surface area contributed by atoms with E-state index in [1.165, 1.54) is 31.4 Å². The van der Waals surface area contributed by atoms with E-state index in [9.17, 15) is 22.8 Å². The van der Waals surface area contributed by atoms with Crippen molar-refractivity contribution in [3.8, 4) is 0 Å². The van der Waals surface area contributed by atoms with Crippen LogP contribution in [-0.2, 0) is 29.1 Å². The fourth-order valence-electron chi connectivity index (χ4n) is 3.04. The Morgan fingerprint density at radius 3 is 2.69 bits per heavy atom. The first-order valence-electron chi connectivity index (χ1n) is 10.4. The zero-order valence-corrected chi connectivity index (χ0v) is 21.9. The molecule has 190 valence electrons. The van der Waals surface area contributed by atoms with E-state index in [4.69, 9.17) is 4.74 Å². The Morgan fingerprint density at radius 1 is 1.26 bits per heavy atom. The van der Waals surface area contributed by atoms with Gasteiger partial charge in [-0.15, -0.1) is 11.3 Å². The van der Waals surface area contributed by atoms with Crippen molar-refractivity contribution in [2.45, 2.75) is 45.3 Å². The van der Waals surface area contributed by atoms with E-state index in [1.54, 1.807) is 48.9 Å². The molecule has 2 aliphatic heterocycles. The van der Waals surface area contributed by atoms with Crippen molar-refractivity contribution in [2.75, 3.05) is 11.8 Å². The lowest BCUT2D eigenvalue weighted by Crippen LogP contribution is -2.44. The van der Waals surface area contributed by atoms with E-state index in [0.717, 1.165) is 11.3 Å². The molecule has 1 aromatic rings. The summed E-state index contributed by atoms with van der Waals surface area (Å²) < 4.78 is 43.2. The number of hydrogen-bond donors (Lipinski definition) is 3. The SMILES string of the molecule is COC(=O)CC[C@H](NC(=O)c1sccc1NS(=O)(=O)C1=CC=CN2SNC=C12)C(=O)OC(C)(C)C. The summed E-state index contributed by atoms with van der Waals surface area (Å²) in [5, 5.41) is 4.11. The standard InChI is InChI=1S/C21H26N4O7S3/c1-21(2,3)32-20(28)14(7-8-17(26)31-4)23-19(27)18-13(9-11-33-18)24-35(29,30)16-6-5-10-25-15(16)12-22-34-25/h5-6,9-12,14,22,24H,7-8H2,1-4H3,(H,23,27)/t14-/m0/s1. The second-order valence-corrected chi connectivity index (χ2v) is 11.8.